The average Bonchev–Trinajstić information content (AvgIpc) is 1.84. The monoisotopic (exact) mass is 172 g/mol. The predicted molar refractivity (Wildman–Crippen MR) is 42.7 cm³/mol. The highest BCUT2D eigenvalue weighted by Crippen LogP contribution is 2.05. The second-order valence-electron chi connectivity index (χ2n) is 2.30. The molecule has 0 heterocycles. The van der Waals surface area contributed by atoms with E-state index in [2.05, 4.69) is 4.74 Å². The Hall–Kier alpha value is -1.52. The van der Waals surface area contributed by atoms with Crippen molar-refractivity contribution in [2.45, 2.75) is 12.8 Å². The third-order valence-electron chi connectivity index (χ3n) is 1.09. The van der Waals surface area contributed by atoms with E-state index in [-0.39, 0.29) is 12.8 Å². The highest BCUT2D eigenvalue weighted by Gasteiger charge is 2.05. The number of methoxy groups -OCH3 is 1. The first-order valence-electron chi connectivity index (χ1n) is 3.33. The fraction of sp³-hybridized carbons (Fsp3) is 0.429. The van der Waals surface area contributed by atoms with Gasteiger partial charge in [0.05, 0.1) is 26.2 Å². The first-order chi connectivity index (χ1) is 5.56. The Morgan fingerprint density at radius 2 is 1.67 bits per heavy atom. The number of hydrogen-bond donors (Lipinski definition) is 2. The lowest BCUT2D eigenvalue weighted by molar-refractivity contribution is -0.117. The van der Waals surface area contributed by atoms with Gasteiger partial charge in [0.15, 0.2) is 0 Å². The van der Waals surface area contributed by atoms with Crippen molar-refractivity contribution in [1.82, 2.24) is 0 Å². The number of hydrogen-bond acceptors (Lipinski definition) is 3. The molecule has 0 radical (unpaired) electrons. The molecule has 5 nitrogen and oxygen atoms in total. The second-order valence-corrected chi connectivity index (χ2v) is 2.30. The maximum atomic E-state index is 10.4. The first-order valence-corrected chi connectivity index (χ1v) is 3.33. The summed E-state index contributed by atoms with van der Waals surface area (Å²) in [6, 6.07) is 0. The molecule has 0 spiro atoms. The van der Waals surface area contributed by atoms with Crippen LogP contribution in [0.4, 0.5) is 0 Å². The molecule has 0 fully saturated rings. The van der Waals surface area contributed by atoms with Crippen LogP contribution in [0.15, 0.2) is 11.8 Å². The molecule has 0 aromatic rings. The third-order valence-corrected chi connectivity index (χ3v) is 1.09. The van der Waals surface area contributed by atoms with E-state index < -0.39 is 11.8 Å². The summed E-state index contributed by atoms with van der Waals surface area (Å²) in [5.74, 6) is -1.03. The van der Waals surface area contributed by atoms with Gasteiger partial charge in [0.2, 0.25) is 11.8 Å². The lowest BCUT2D eigenvalue weighted by Gasteiger charge is -2.00. The van der Waals surface area contributed by atoms with Crippen LogP contribution in [-0.4, -0.2) is 18.9 Å². The third kappa shape index (κ3) is 5.28. The van der Waals surface area contributed by atoms with E-state index in [0.29, 0.717) is 5.57 Å². The van der Waals surface area contributed by atoms with Gasteiger partial charge in [-0.2, -0.15) is 0 Å². The minimum Gasteiger partial charge on any atom is -0.504 e. The molecule has 12 heavy (non-hydrogen) atoms. The van der Waals surface area contributed by atoms with Gasteiger partial charge in [0.1, 0.15) is 0 Å². The van der Waals surface area contributed by atoms with E-state index in [4.69, 9.17) is 11.5 Å². The molecule has 4 N–H and O–H groups in total. The minimum absolute atomic E-state index is 0.00319. The molecular weight excluding hydrogens is 160 g/mol. The van der Waals surface area contributed by atoms with Gasteiger partial charge in [0.25, 0.3) is 0 Å². The Morgan fingerprint density at radius 1 is 1.25 bits per heavy atom. The van der Waals surface area contributed by atoms with Crippen molar-refractivity contribution >= 4 is 11.8 Å². The van der Waals surface area contributed by atoms with Crippen LogP contribution in [-0.2, 0) is 14.3 Å². The molecule has 0 saturated heterocycles. The zero-order valence-corrected chi connectivity index (χ0v) is 6.87. The molecule has 68 valence electrons. The predicted octanol–water partition coefficient (Wildman–Crippen LogP) is -0.732. The number of rotatable bonds is 5. The molecule has 0 aliphatic heterocycles. The molecule has 0 saturated carbocycles. The fourth-order valence-electron chi connectivity index (χ4n) is 0.760. The summed E-state index contributed by atoms with van der Waals surface area (Å²) in [6.45, 7) is 0. The number of ether oxygens (including phenoxy) is 1. The Labute approximate surface area is 70.4 Å². The maximum absolute atomic E-state index is 10.4. The van der Waals surface area contributed by atoms with Crippen molar-refractivity contribution < 1.29 is 14.3 Å². The molecule has 0 atom stereocenters. The van der Waals surface area contributed by atoms with E-state index in [0.717, 1.165) is 0 Å². The summed E-state index contributed by atoms with van der Waals surface area (Å²) >= 11 is 0. The van der Waals surface area contributed by atoms with E-state index in [9.17, 15) is 9.59 Å². The van der Waals surface area contributed by atoms with E-state index in [1.165, 1.54) is 13.4 Å². The molecule has 2 amide bonds. The Morgan fingerprint density at radius 3 is 1.92 bits per heavy atom. The van der Waals surface area contributed by atoms with Gasteiger partial charge in [-0.25, -0.2) is 0 Å². The van der Waals surface area contributed by atoms with E-state index >= 15 is 0 Å². The van der Waals surface area contributed by atoms with Gasteiger partial charge in [-0.1, -0.05) is 0 Å². The van der Waals surface area contributed by atoms with Crippen molar-refractivity contribution in [1.29, 1.82) is 0 Å². The van der Waals surface area contributed by atoms with Gasteiger partial charge in [-0.3, -0.25) is 9.59 Å². The largest absolute Gasteiger partial charge is 0.504 e. The average molecular weight is 172 g/mol. The molecule has 0 aliphatic rings. The van der Waals surface area contributed by atoms with Crippen LogP contribution < -0.4 is 11.5 Å². The van der Waals surface area contributed by atoms with E-state index in [1.54, 1.807) is 0 Å². The normalized spacial score (nSPS) is 8.75. The van der Waals surface area contributed by atoms with Crippen LogP contribution in [0.25, 0.3) is 0 Å². The Balaban J connectivity index is 4.14. The Bertz CT molecular complexity index is 193. The number of primary amides is 2. The zero-order valence-electron chi connectivity index (χ0n) is 6.87. The van der Waals surface area contributed by atoms with E-state index in [1.807, 2.05) is 0 Å². The van der Waals surface area contributed by atoms with Crippen LogP contribution in [0.5, 0.6) is 0 Å². The molecule has 0 rings (SSSR count). The van der Waals surface area contributed by atoms with Crippen LogP contribution in [0, 0.1) is 0 Å². The molecule has 5 heteroatoms. The number of amides is 2. The van der Waals surface area contributed by atoms with Crippen LogP contribution >= 0.6 is 0 Å². The van der Waals surface area contributed by atoms with Gasteiger partial charge in [-0.05, 0) is 5.57 Å². The summed E-state index contributed by atoms with van der Waals surface area (Å²) in [5.41, 5.74) is 10.3. The lowest BCUT2D eigenvalue weighted by Crippen LogP contribution is -2.16. The molecule has 0 unspecified atom stereocenters. The summed E-state index contributed by atoms with van der Waals surface area (Å²) in [6.07, 6.45) is 1.29. The van der Waals surface area contributed by atoms with Gasteiger partial charge >= 0.3 is 0 Å². The van der Waals surface area contributed by atoms with Crippen LogP contribution in [0.3, 0.4) is 0 Å². The number of nitrogens with two attached hydrogens (primary N) is 2. The molecule has 0 aliphatic carbocycles. The standard InChI is InChI=1S/C7H12N2O3/c1-12-4-5(2-6(8)10)3-7(9)11/h4H,2-3H2,1H3,(H2,8,10)(H2,9,11). The first kappa shape index (κ1) is 10.5. The summed E-state index contributed by atoms with van der Waals surface area (Å²) < 4.78 is 4.63. The van der Waals surface area contributed by atoms with Crippen molar-refractivity contribution in [2.24, 2.45) is 11.5 Å². The molecule has 0 bridgehead atoms. The summed E-state index contributed by atoms with van der Waals surface area (Å²) in [7, 11) is 1.42. The minimum atomic E-state index is -0.514. The molecule has 0 aromatic carbocycles. The highest BCUT2D eigenvalue weighted by molar-refractivity contribution is 5.81. The molecule has 0 aromatic heterocycles. The van der Waals surface area contributed by atoms with Crippen LogP contribution in [0.2, 0.25) is 0 Å². The SMILES string of the molecule is COC=C(CC(N)=O)CC(N)=O. The van der Waals surface area contributed by atoms with Crippen LogP contribution in [0.1, 0.15) is 12.8 Å². The second kappa shape index (κ2) is 5.17. The molecular formula is C7H12N2O3. The summed E-state index contributed by atoms with van der Waals surface area (Å²) in [4.78, 5) is 20.9. The quantitative estimate of drug-likeness (QED) is 0.535. The number of carbonyl (C=O) groups excluding carboxylic acids is 2. The van der Waals surface area contributed by atoms with Crippen molar-refractivity contribution in [2.75, 3.05) is 7.11 Å². The van der Waals surface area contributed by atoms with Gasteiger partial charge in [-0.15, -0.1) is 0 Å². The lowest BCUT2D eigenvalue weighted by atomic mass is 10.1. The smallest absolute Gasteiger partial charge is 0.221 e. The zero-order chi connectivity index (χ0) is 9.56. The van der Waals surface area contributed by atoms with Gasteiger partial charge < -0.3 is 16.2 Å². The highest BCUT2D eigenvalue weighted by atomic mass is 16.5. The summed E-state index contributed by atoms with van der Waals surface area (Å²) in [5, 5.41) is 0. The van der Waals surface area contributed by atoms with Crippen molar-refractivity contribution in [3.63, 3.8) is 0 Å². The Kier molecular flexibility index (Phi) is 4.52. The fourth-order valence-corrected chi connectivity index (χ4v) is 0.760. The topological polar surface area (TPSA) is 95.4 Å². The van der Waals surface area contributed by atoms with Crippen molar-refractivity contribution in [3.8, 4) is 0 Å². The maximum Gasteiger partial charge on any atom is 0.221 e. The van der Waals surface area contributed by atoms with Crippen molar-refractivity contribution in [3.05, 3.63) is 11.8 Å². The number of carbonyl (C=O) groups is 2. The van der Waals surface area contributed by atoms with Gasteiger partial charge in [0, 0.05) is 0 Å².